The Bertz CT molecular complexity index is 513. The predicted molar refractivity (Wildman–Crippen MR) is 72.2 cm³/mol. The molecule has 18 heavy (non-hydrogen) atoms. The summed E-state index contributed by atoms with van der Waals surface area (Å²) in [6.07, 6.45) is 1.82. The third-order valence-corrected chi connectivity index (χ3v) is 3.75. The molecular formula is C14H15FN2S. The van der Waals surface area contributed by atoms with Crippen LogP contribution in [0.5, 0.6) is 0 Å². The van der Waals surface area contributed by atoms with Crippen LogP contribution in [0.25, 0.3) is 0 Å². The zero-order chi connectivity index (χ0) is 13.0. The molecule has 94 valence electrons. The first-order valence-corrected chi connectivity index (χ1v) is 6.58. The second-order valence-electron chi connectivity index (χ2n) is 3.97. The maximum absolute atomic E-state index is 13.5. The molecule has 0 fully saturated rings. The van der Waals surface area contributed by atoms with E-state index in [1.807, 2.05) is 31.4 Å². The highest BCUT2D eigenvalue weighted by molar-refractivity contribution is 7.99. The van der Waals surface area contributed by atoms with Gasteiger partial charge in [0.2, 0.25) is 0 Å². The van der Waals surface area contributed by atoms with Crippen LogP contribution in [0.15, 0.2) is 52.5 Å². The number of benzene rings is 1. The molecule has 1 N–H and O–H groups in total. The van der Waals surface area contributed by atoms with Crippen molar-refractivity contribution in [1.29, 1.82) is 0 Å². The molecule has 0 saturated carbocycles. The summed E-state index contributed by atoms with van der Waals surface area (Å²) in [4.78, 5) is 4.94. The molecule has 0 bridgehead atoms. The van der Waals surface area contributed by atoms with Crippen LogP contribution < -0.4 is 5.32 Å². The van der Waals surface area contributed by atoms with Gasteiger partial charge in [-0.15, -0.1) is 0 Å². The summed E-state index contributed by atoms with van der Waals surface area (Å²) in [5, 5.41) is 3.95. The molecule has 0 spiro atoms. The fourth-order valence-corrected chi connectivity index (χ4v) is 2.29. The van der Waals surface area contributed by atoms with Crippen LogP contribution in [-0.2, 0) is 0 Å². The zero-order valence-corrected chi connectivity index (χ0v) is 11.2. The van der Waals surface area contributed by atoms with Crippen molar-refractivity contribution in [3.05, 3.63) is 54.0 Å². The van der Waals surface area contributed by atoms with E-state index in [4.69, 9.17) is 0 Å². The first kappa shape index (κ1) is 13.1. The quantitative estimate of drug-likeness (QED) is 0.910. The molecule has 2 nitrogen and oxygen atoms in total. The molecule has 2 aromatic rings. The first-order chi connectivity index (χ1) is 8.70. The number of nitrogens with one attached hydrogen (secondary N) is 1. The van der Waals surface area contributed by atoms with Gasteiger partial charge in [-0.05, 0) is 37.7 Å². The van der Waals surface area contributed by atoms with Crippen LogP contribution in [0.3, 0.4) is 0 Å². The van der Waals surface area contributed by atoms with E-state index in [0.717, 1.165) is 10.6 Å². The van der Waals surface area contributed by atoms with Gasteiger partial charge >= 0.3 is 0 Å². The molecule has 2 rings (SSSR count). The number of hydrogen-bond donors (Lipinski definition) is 1. The van der Waals surface area contributed by atoms with Crippen LogP contribution in [0.1, 0.15) is 18.5 Å². The van der Waals surface area contributed by atoms with Crippen molar-refractivity contribution < 1.29 is 4.39 Å². The Kier molecular flexibility index (Phi) is 4.33. The zero-order valence-electron chi connectivity index (χ0n) is 10.4. The molecule has 4 heteroatoms. The molecule has 1 heterocycles. The van der Waals surface area contributed by atoms with Crippen molar-refractivity contribution in [2.45, 2.75) is 22.9 Å². The van der Waals surface area contributed by atoms with Gasteiger partial charge in [-0.3, -0.25) is 0 Å². The highest BCUT2D eigenvalue weighted by atomic mass is 32.2. The fourth-order valence-electron chi connectivity index (χ4n) is 1.52. The molecule has 0 aliphatic rings. The second-order valence-corrected chi connectivity index (χ2v) is 5.03. The maximum Gasteiger partial charge on any atom is 0.137 e. The van der Waals surface area contributed by atoms with Crippen molar-refractivity contribution in [3.8, 4) is 0 Å². The van der Waals surface area contributed by atoms with E-state index in [9.17, 15) is 4.39 Å². The number of rotatable bonds is 4. The summed E-state index contributed by atoms with van der Waals surface area (Å²) in [6, 6.07) is 10.9. The molecule has 0 aliphatic heterocycles. The lowest BCUT2D eigenvalue weighted by Crippen LogP contribution is -2.12. The van der Waals surface area contributed by atoms with Crippen LogP contribution in [-0.4, -0.2) is 12.0 Å². The highest BCUT2D eigenvalue weighted by Crippen LogP contribution is 2.28. The van der Waals surface area contributed by atoms with E-state index in [2.05, 4.69) is 17.2 Å². The first-order valence-electron chi connectivity index (χ1n) is 5.76. The van der Waals surface area contributed by atoms with Gasteiger partial charge in [0, 0.05) is 17.1 Å². The van der Waals surface area contributed by atoms with Crippen LogP contribution in [0.4, 0.5) is 4.39 Å². The van der Waals surface area contributed by atoms with Crippen molar-refractivity contribution in [2.24, 2.45) is 0 Å². The van der Waals surface area contributed by atoms with Gasteiger partial charge in [0.25, 0.3) is 0 Å². The SMILES string of the molecule is CNC(C)c1ccc(Sc2ccccc2F)nc1. The lowest BCUT2D eigenvalue weighted by Gasteiger charge is -2.10. The Morgan fingerprint density at radius 2 is 2.00 bits per heavy atom. The molecule has 1 aromatic carbocycles. The Balaban J connectivity index is 2.14. The number of hydrogen-bond acceptors (Lipinski definition) is 3. The van der Waals surface area contributed by atoms with Crippen molar-refractivity contribution >= 4 is 11.8 Å². The van der Waals surface area contributed by atoms with E-state index in [1.54, 1.807) is 12.1 Å². The van der Waals surface area contributed by atoms with Crippen molar-refractivity contribution in [3.63, 3.8) is 0 Å². The van der Waals surface area contributed by atoms with Gasteiger partial charge in [0.1, 0.15) is 10.8 Å². The van der Waals surface area contributed by atoms with Gasteiger partial charge in [-0.2, -0.15) is 0 Å². The van der Waals surface area contributed by atoms with Crippen LogP contribution in [0.2, 0.25) is 0 Å². The molecular weight excluding hydrogens is 247 g/mol. The normalized spacial score (nSPS) is 12.4. The Morgan fingerprint density at radius 3 is 2.61 bits per heavy atom. The molecule has 1 aromatic heterocycles. The number of halogens is 1. The lowest BCUT2D eigenvalue weighted by molar-refractivity contribution is 0.602. The molecule has 0 amide bonds. The summed E-state index contributed by atoms with van der Waals surface area (Å²) < 4.78 is 13.5. The lowest BCUT2D eigenvalue weighted by atomic mass is 10.1. The Labute approximate surface area is 111 Å². The minimum absolute atomic E-state index is 0.211. The van der Waals surface area contributed by atoms with Gasteiger partial charge < -0.3 is 5.32 Å². The topological polar surface area (TPSA) is 24.9 Å². The van der Waals surface area contributed by atoms with E-state index < -0.39 is 0 Å². The fraction of sp³-hybridized carbons (Fsp3) is 0.214. The van der Waals surface area contributed by atoms with E-state index in [1.165, 1.54) is 17.8 Å². The summed E-state index contributed by atoms with van der Waals surface area (Å²) in [6.45, 7) is 2.07. The third kappa shape index (κ3) is 3.09. The summed E-state index contributed by atoms with van der Waals surface area (Å²) in [5.74, 6) is -0.211. The van der Waals surface area contributed by atoms with Gasteiger partial charge in [-0.25, -0.2) is 9.37 Å². The van der Waals surface area contributed by atoms with Gasteiger partial charge in [0.05, 0.1) is 0 Å². The summed E-state index contributed by atoms with van der Waals surface area (Å²) >= 11 is 1.34. The van der Waals surface area contributed by atoms with E-state index in [0.29, 0.717) is 4.90 Å². The van der Waals surface area contributed by atoms with Crippen LogP contribution in [0, 0.1) is 5.82 Å². The summed E-state index contributed by atoms with van der Waals surface area (Å²) in [5.41, 5.74) is 1.12. The molecule has 0 saturated heterocycles. The smallest absolute Gasteiger partial charge is 0.137 e. The minimum Gasteiger partial charge on any atom is -0.313 e. The average Bonchev–Trinajstić information content (AvgIpc) is 2.41. The van der Waals surface area contributed by atoms with E-state index >= 15 is 0 Å². The molecule has 1 atom stereocenters. The van der Waals surface area contributed by atoms with Crippen LogP contribution >= 0.6 is 11.8 Å². The highest BCUT2D eigenvalue weighted by Gasteiger charge is 2.06. The average molecular weight is 262 g/mol. The minimum atomic E-state index is -0.211. The Morgan fingerprint density at radius 1 is 1.22 bits per heavy atom. The maximum atomic E-state index is 13.5. The Hall–Kier alpha value is -1.39. The van der Waals surface area contributed by atoms with Gasteiger partial charge in [-0.1, -0.05) is 30.0 Å². The second kappa shape index (κ2) is 5.98. The molecule has 0 radical (unpaired) electrons. The number of aromatic nitrogens is 1. The summed E-state index contributed by atoms with van der Waals surface area (Å²) in [7, 11) is 1.91. The van der Waals surface area contributed by atoms with Crippen molar-refractivity contribution in [1.82, 2.24) is 10.3 Å². The largest absolute Gasteiger partial charge is 0.313 e. The third-order valence-electron chi connectivity index (χ3n) is 2.74. The van der Waals surface area contributed by atoms with Gasteiger partial charge in [0.15, 0.2) is 0 Å². The monoisotopic (exact) mass is 262 g/mol. The number of nitrogens with zero attached hydrogens (tertiary/aromatic N) is 1. The predicted octanol–water partition coefficient (Wildman–Crippen LogP) is 3.65. The standard InChI is InChI=1S/C14H15FN2S/c1-10(16-2)11-7-8-14(17-9-11)18-13-6-4-3-5-12(13)15/h3-10,16H,1-2H3. The molecule has 1 unspecified atom stereocenters. The van der Waals surface area contributed by atoms with Crippen molar-refractivity contribution in [2.75, 3.05) is 7.05 Å². The number of pyridine rings is 1. The molecule has 0 aliphatic carbocycles. The van der Waals surface area contributed by atoms with E-state index in [-0.39, 0.29) is 11.9 Å².